The van der Waals surface area contributed by atoms with Gasteiger partial charge in [0.15, 0.2) is 0 Å². The molecule has 2 aromatic rings. The number of anilines is 1. The van der Waals surface area contributed by atoms with Gasteiger partial charge in [0, 0.05) is 43.2 Å². The molecule has 0 aliphatic carbocycles. The van der Waals surface area contributed by atoms with E-state index >= 15 is 0 Å². The molecule has 0 bridgehead atoms. The van der Waals surface area contributed by atoms with E-state index in [0.717, 1.165) is 36.6 Å². The van der Waals surface area contributed by atoms with Crippen LogP contribution < -0.4 is 5.32 Å². The number of hydrogen-bond donors (Lipinski definition) is 1. The second-order valence-electron chi connectivity index (χ2n) is 6.97. The van der Waals surface area contributed by atoms with Crippen molar-refractivity contribution < 1.29 is 9.53 Å². The third-order valence-electron chi connectivity index (χ3n) is 5.20. The fraction of sp³-hybridized carbons (Fsp3) is 0.400. The van der Waals surface area contributed by atoms with E-state index < -0.39 is 0 Å². The van der Waals surface area contributed by atoms with Gasteiger partial charge in [-0.3, -0.25) is 4.79 Å². The molecule has 2 aliphatic heterocycles. The molecule has 5 nitrogen and oxygen atoms in total. The average Bonchev–Trinajstić information content (AvgIpc) is 3.21. The molecule has 2 saturated heterocycles. The number of nitrogens with zero attached hydrogens (tertiary/aromatic N) is 2. The number of benzene rings is 1. The number of likely N-dealkylation sites (tertiary alicyclic amines) is 1. The van der Waals surface area contributed by atoms with Gasteiger partial charge in [0.2, 0.25) is 0 Å². The molecule has 0 saturated carbocycles. The fourth-order valence-corrected chi connectivity index (χ4v) is 3.84. The summed E-state index contributed by atoms with van der Waals surface area (Å²) < 4.78 is 5.96. The van der Waals surface area contributed by atoms with Crippen LogP contribution in [0.3, 0.4) is 0 Å². The summed E-state index contributed by atoms with van der Waals surface area (Å²) >= 11 is 0. The minimum atomic E-state index is 0.109. The first-order valence-corrected chi connectivity index (χ1v) is 8.83. The third-order valence-corrected chi connectivity index (χ3v) is 5.20. The summed E-state index contributed by atoms with van der Waals surface area (Å²) in [6.45, 7) is 5.05. The zero-order valence-electron chi connectivity index (χ0n) is 14.4. The van der Waals surface area contributed by atoms with E-state index in [2.05, 4.69) is 10.3 Å². The predicted molar refractivity (Wildman–Crippen MR) is 96.5 cm³/mol. The summed E-state index contributed by atoms with van der Waals surface area (Å²) in [6.07, 6.45) is 1.94. The highest BCUT2D eigenvalue weighted by Crippen LogP contribution is 2.34. The molecular weight excluding hydrogens is 314 g/mol. The van der Waals surface area contributed by atoms with Crippen molar-refractivity contribution in [1.29, 1.82) is 0 Å². The highest BCUT2D eigenvalue weighted by Gasteiger charge is 2.45. The number of pyridine rings is 1. The van der Waals surface area contributed by atoms with Crippen molar-refractivity contribution in [3.8, 4) is 0 Å². The van der Waals surface area contributed by atoms with Gasteiger partial charge in [0.25, 0.3) is 5.91 Å². The first kappa shape index (κ1) is 16.1. The Labute approximate surface area is 148 Å². The van der Waals surface area contributed by atoms with Crippen molar-refractivity contribution in [2.45, 2.75) is 13.0 Å². The first-order chi connectivity index (χ1) is 12.2. The maximum atomic E-state index is 12.8. The number of aryl methyl sites for hydroxylation is 1. The van der Waals surface area contributed by atoms with Gasteiger partial charge in [0.1, 0.15) is 5.82 Å². The van der Waals surface area contributed by atoms with Crippen LogP contribution in [0.15, 0.2) is 48.7 Å². The Balaban J connectivity index is 1.38. The summed E-state index contributed by atoms with van der Waals surface area (Å²) in [6, 6.07) is 13.7. The van der Waals surface area contributed by atoms with E-state index in [-0.39, 0.29) is 12.0 Å². The van der Waals surface area contributed by atoms with E-state index in [0.29, 0.717) is 18.4 Å². The first-order valence-electron chi connectivity index (χ1n) is 8.83. The summed E-state index contributed by atoms with van der Waals surface area (Å²) in [5, 5.41) is 3.39. The minimum absolute atomic E-state index is 0.109. The van der Waals surface area contributed by atoms with Crippen LogP contribution in [0.1, 0.15) is 15.9 Å². The molecule has 4 rings (SSSR count). The standard InChI is InChI=1S/C20H23N3O2/c1-14-5-4-6-15(9-14)20(24)23-11-17-16(13-25-18(17)12-23)10-22-19-7-2-3-8-21-19/h2-9,16-18H,10-13H2,1H3,(H,21,22)/t16-,17+,18+/m0/s1. The lowest BCUT2D eigenvalue weighted by Gasteiger charge is -2.20. The minimum Gasteiger partial charge on any atom is -0.376 e. The molecule has 1 amide bonds. The normalized spacial score (nSPS) is 25.0. The van der Waals surface area contributed by atoms with Crippen LogP contribution in [-0.4, -0.2) is 48.1 Å². The Bertz CT molecular complexity index is 750. The number of fused-ring (bicyclic) bond motifs is 1. The molecule has 0 radical (unpaired) electrons. The Hall–Kier alpha value is -2.40. The number of nitrogens with one attached hydrogen (secondary N) is 1. The number of rotatable bonds is 4. The maximum absolute atomic E-state index is 12.8. The van der Waals surface area contributed by atoms with Gasteiger partial charge in [-0.1, -0.05) is 23.8 Å². The summed E-state index contributed by atoms with van der Waals surface area (Å²) in [5.74, 6) is 1.79. The van der Waals surface area contributed by atoms with Gasteiger partial charge in [0.05, 0.1) is 12.7 Å². The summed E-state index contributed by atoms with van der Waals surface area (Å²) in [5.41, 5.74) is 1.88. The molecule has 3 atom stereocenters. The zero-order chi connectivity index (χ0) is 17.2. The SMILES string of the molecule is Cc1cccc(C(=O)N2C[C@@H]3[C@@H](CNc4ccccn4)CO[C@@H]3C2)c1. The quantitative estimate of drug-likeness (QED) is 0.932. The molecule has 0 spiro atoms. The Morgan fingerprint density at radius 2 is 2.20 bits per heavy atom. The van der Waals surface area contributed by atoms with E-state index in [1.165, 1.54) is 0 Å². The monoisotopic (exact) mass is 337 g/mol. The molecule has 130 valence electrons. The van der Waals surface area contributed by atoms with Crippen molar-refractivity contribution in [1.82, 2.24) is 9.88 Å². The lowest BCUT2D eigenvalue weighted by Crippen LogP contribution is -2.32. The maximum Gasteiger partial charge on any atom is 0.253 e. The van der Waals surface area contributed by atoms with E-state index in [4.69, 9.17) is 4.74 Å². The molecule has 5 heteroatoms. The molecule has 0 unspecified atom stereocenters. The zero-order valence-corrected chi connectivity index (χ0v) is 14.4. The topological polar surface area (TPSA) is 54.5 Å². The van der Waals surface area contributed by atoms with Gasteiger partial charge in [-0.2, -0.15) is 0 Å². The van der Waals surface area contributed by atoms with Crippen LogP contribution in [0.25, 0.3) is 0 Å². The van der Waals surface area contributed by atoms with Crippen molar-refractivity contribution in [3.05, 3.63) is 59.8 Å². The van der Waals surface area contributed by atoms with Crippen LogP contribution in [0.4, 0.5) is 5.82 Å². The molecule has 1 aromatic carbocycles. The molecule has 1 N–H and O–H groups in total. The third kappa shape index (κ3) is 3.37. The highest BCUT2D eigenvalue weighted by atomic mass is 16.5. The van der Waals surface area contributed by atoms with Crippen molar-refractivity contribution >= 4 is 11.7 Å². The highest BCUT2D eigenvalue weighted by molar-refractivity contribution is 5.94. The van der Waals surface area contributed by atoms with E-state index in [1.54, 1.807) is 6.20 Å². The number of hydrogen-bond acceptors (Lipinski definition) is 4. The van der Waals surface area contributed by atoms with Gasteiger partial charge in [-0.25, -0.2) is 4.98 Å². The lowest BCUT2D eigenvalue weighted by molar-refractivity contribution is 0.0680. The molecule has 3 heterocycles. The fourth-order valence-electron chi connectivity index (χ4n) is 3.84. The Kier molecular flexibility index (Phi) is 4.40. The second-order valence-corrected chi connectivity index (χ2v) is 6.97. The number of carbonyl (C=O) groups excluding carboxylic acids is 1. The van der Waals surface area contributed by atoms with Crippen LogP contribution >= 0.6 is 0 Å². The van der Waals surface area contributed by atoms with Gasteiger partial charge < -0.3 is 15.0 Å². The number of amides is 1. The number of carbonyl (C=O) groups is 1. The second kappa shape index (κ2) is 6.84. The van der Waals surface area contributed by atoms with E-state index in [9.17, 15) is 4.79 Å². The smallest absolute Gasteiger partial charge is 0.253 e. The van der Waals surface area contributed by atoms with Gasteiger partial charge >= 0.3 is 0 Å². The Morgan fingerprint density at radius 3 is 3.00 bits per heavy atom. The van der Waals surface area contributed by atoms with Gasteiger partial charge in [-0.15, -0.1) is 0 Å². The van der Waals surface area contributed by atoms with Crippen LogP contribution in [-0.2, 0) is 4.74 Å². The lowest BCUT2D eigenvalue weighted by atomic mass is 9.93. The van der Waals surface area contributed by atoms with Gasteiger partial charge in [-0.05, 0) is 31.2 Å². The van der Waals surface area contributed by atoms with Crippen LogP contribution in [0.2, 0.25) is 0 Å². The molecule has 2 aliphatic rings. The van der Waals surface area contributed by atoms with E-state index in [1.807, 2.05) is 54.3 Å². The van der Waals surface area contributed by atoms with Crippen molar-refractivity contribution in [2.24, 2.45) is 11.8 Å². The summed E-state index contributed by atoms with van der Waals surface area (Å²) in [4.78, 5) is 19.0. The summed E-state index contributed by atoms with van der Waals surface area (Å²) in [7, 11) is 0. The molecule has 1 aromatic heterocycles. The van der Waals surface area contributed by atoms with Crippen LogP contribution in [0.5, 0.6) is 0 Å². The number of aromatic nitrogens is 1. The molecular formula is C20H23N3O2. The van der Waals surface area contributed by atoms with Crippen molar-refractivity contribution in [3.63, 3.8) is 0 Å². The van der Waals surface area contributed by atoms with Crippen LogP contribution in [0, 0.1) is 18.8 Å². The average molecular weight is 337 g/mol. The van der Waals surface area contributed by atoms with Crippen molar-refractivity contribution in [2.75, 3.05) is 31.6 Å². The number of ether oxygens (including phenoxy) is 1. The largest absolute Gasteiger partial charge is 0.376 e. The predicted octanol–water partition coefficient (Wildman–Crippen LogP) is 2.59. The molecule has 2 fully saturated rings. The Morgan fingerprint density at radius 1 is 1.28 bits per heavy atom. The molecule has 25 heavy (non-hydrogen) atoms.